The van der Waals surface area contributed by atoms with Crippen molar-refractivity contribution in [3.63, 3.8) is 0 Å². The van der Waals surface area contributed by atoms with Crippen LogP contribution in [0.3, 0.4) is 0 Å². The van der Waals surface area contributed by atoms with Gasteiger partial charge in [0.05, 0.1) is 10.7 Å². The van der Waals surface area contributed by atoms with Gasteiger partial charge in [0.15, 0.2) is 0 Å². The molecule has 17 heavy (non-hydrogen) atoms. The molecular weight excluding hydrogens is 280 g/mol. The fraction of sp³-hybridized carbons (Fsp3) is 0.125. The molecule has 0 aromatic heterocycles. The van der Waals surface area contributed by atoms with Gasteiger partial charge in [-0.15, -0.1) is 0 Å². The number of hydrogen-bond acceptors (Lipinski definition) is 3. The van der Waals surface area contributed by atoms with Crippen molar-refractivity contribution in [3.8, 4) is 0 Å². The van der Waals surface area contributed by atoms with Gasteiger partial charge in [0.2, 0.25) is 0 Å². The topological polar surface area (TPSA) is 83.5 Å². The molecule has 1 aromatic carbocycles. The van der Waals surface area contributed by atoms with Crippen LogP contribution in [-0.2, 0) is 10.0 Å². The first-order chi connectivity index (χ1) is 7.75. The number of benzene rings is 1. The first kappa shape index (κ1) is 13.7. The Morgan fingerprint density at radius 3 is 2.47 bits per heavy atom. The molecule has 1 aromatic rings. The Morgan fingerprint density at radius 2 is 2.00 bits per heavy atom. The number of hydrogen-bond donors (Lipinski definition) is 2. The monoisotopic (exact) mass is 285 g/mol. The van der Waals surface area contributed by atoms with Gasteiger partial charge >= 0.3 is 11.7 Å². The number of nitrogens with one attached hydrogen (secondary N) is 1. The number of aromatic carboxylic acids is 1. The molecule has 1 rings (SSSR count). The van der Waals surface area contributed by atoms with Crippen molar-refractivity contribution in [1.82, 2.24) is 0 Å². The highest BCUT2D eigenvalue weighted by atomic mass is 35.5. The number of rotatable bonds is 4. The highest BCUT2D eigenvalue weighted by Gasteiger charge is 2.26. The number of alkyl halides is 2. The lowest BCUT2D eigenvalue weighted by Crippen LogP contribution is -2.22. The molecular formula is C8H6ClF2NO4S. The minimum Gasteiger partial charge on any atom is -0.478 e. The summed E-state index contributed by atoms with van der Waals surface area (Å²) in [7, 11) is -4.93. The van der Waals surface area contributed by atoms with Gasteiger partial charge in [0, 0.05) is 0 Å². The summed E-state index contributed by atoms with van der Waals surface area (Å²) >= 11 is 5.53. The number of carboxylic acid groups (broad SMARTS) is 1. The summed E-state index contributed by atoms with van der Waals surface area (Å²) in [6, 6.07) is 3.46. The van der Waals surface area contributed by atoms with Crippen LogP contribution >= 0.6 is 11.6 Å². The smallest absolute Gasteiger partial charge is 0.355 e. The van der Waals surface area contributed by atoms with Crippen LogP contribution < -0.4 is 4.72 Å². The molecule has 94 valence electrons. The first-order valence-corrected chi connectivity index (χ1v) is 5.99. The fourth-order valence-electron chi connectivity index (χ4n) is 1.02. The highest BCUT2D eigenvalue weighted by Crippen LogP contribution is 2.26. The largest absolute Gasteiger partial charge is 0.478 e. The molecule has 0 aliphatic carbocycles. The summed E-state index contributed by atoms with van der Waals surface area (Å²) in [5.41, 5.74) is -1.09. The molecule has 0 amide bonds. The maximum atomic E-state index is 12.1. The van der Waals surface area contributed by atoms with Crippen molar-refractivity contribution in [2.45, 2.75) is 5.76 Å². The predicted molar refractivity (Wildman–Crippen MR) is 57.0 cm³/mol. The first-order valence-electron chi connectivity index (χ1n) is 4.07. The summed E-state index contributed by atoms with van der Waals surface area (Å²) in [5, 5.41) is 8.52. The van der Waals surface area contributed by atoms with Crippen molar-refractivity contribution in [2.24, 2.45) is 0 Å². The average molecular weight is 286 g/mol. The lowest BCUT2D eigenvalue weighted by atomic mass is 10.2. The highest BCUT2D eigenvalue weighted by molar-refractivity contribution is 7.93. The van der Waals surface area contributed by atoms with Gasteiger partial charge in [-0.2, -0.15) is 8.78 Å². The van der Waals surface area contributed by atoms with Gasteiger partial charge in [0.1, 0.15) is 5.56 Å². The van der Waals surface area contributed by atoms with E-state index in [2.05, 4.69) is 0 Å². The maximum Gasteiger partial charge on any atom is 0.355 e. The molecule has 0 fully saturated rings. The van der Waals surface area contributed by atoms with Crippen LogP contribution in [0.1, 0.15) is 10.4 Å². The summed E-state index contributed by atoms with van der Waals surface area (Å²) in [6.45, 7) is 0. The van der Waals surface area contributed by atoms with Crippen LogP contribution in [0.15, 0.2) is 18.2 Å². The Morgan fingerprint density at radius 1 is 1.41 bits per heavy atom. The van der Waals surface area contributed by atoms with E-state index in [0.717, 1.165) is 6.07 Å². The van der Waals surface area contributed by atoms with Crippen molar-refractivity contribution < 1.29 is 27.1 Å². The zero-order valence-corrected chi connectivity index (χ0v) is 9.60. The van der Waals surface area contributed by atoms with Gasteiger partial charge < -0.3 is 5.11 Å². The molecule has 0 heterocycles. The van der Waals surface area contributed by atoms with Crippen molar-refractivity contribution in [1.29, 1.82) is 0 Å². The molecule has 5 nitrogen and oxygen atoms in total. The van der Waals surface area contributed by atoms with Crippen LogP contribution in [0.5, 0.6) is 0 Å². The second kappa shape index (κ2) is 4.84. The van der Waals surface area contributed by atoms with Crippen molar-refractivity contribution in [3.05, 3.63) is 28.8 Å². The van der Waals surface area contributed by atoms with Crippen LogP contribution in [-0.4, -0.2) is 25.3 Å². The Balaban J connectivity index is 3.25. The van der Waals surface area contributed by atoms with Crippen LogP contribution in [0.2, 0.25) is 5.02 Å². The standard InChI is InChI=1S/C8H6ClF2NO4S/c9-4-2-1-3-5(6(4)7(13)14)12-17(15,16)8(10)11/h1-3,8,12H,(H,13,14). The van der Waals surface area contributed by atoms with Gasteiger partial charge in [0.25, 0.3) is 10.0 Å². The van der Waals surface area contributed by atoms with E-state index in [9.17, 15) is 22.0 Å². The summed E-state index contributed by atoms with van der Waals surface area (Å²) < 4.78 is 47.4. The summed E-state index contributed by atoms with van der Waals surface area (Å²) in [6.07, 6.45) is 0. The zero-order chi connectivity index (χ0) is 13.2. The third-order valence-corrected chi connectivity index (χ3v) is 3.00. The molecule has 0 radical (unpaired) electrons. The summed E-state index contributed by atoms with van der Waals surface area (Å²) in [5.74, 6) is -5.19. The molecule has 0 bridgehead atoms. The Bertz CT molecular complexity index is 546. The number of anilines is 1. The van der Waals surface area contributed by atoms with E-state index in [4.69, 9.17) is 16.7 Å². The quantitative estimate of drug-likeness (QED) is 0.886. The van der Waals surface area contributed by atoms with E-state index in [0.29, 0.717) is 0 Å². The molecule has 0 saturated heterocycles. The average Bonchev–Trinajstić information content (AvgIpc) is 2.15. The number of carboxylic acids is 1. The minimum absolute atomic E-state index is 0.257. The number of carbonyl (C=O) groups is 1. The second-order valence-corrected chi connectivity index (χ2v) is 4.93. The summed E-state index contributed by atoms with van der Waals surface area (Å²) in [4.78, 5) is 10.8. The van der Waals surface area contributed by atoms with E-state index in [-0.39, 0.29) is 5.02 Å². The van der Waals surface area contributed by atoms with E-state index in [1.807, 2.05) is 0 Å². The Labute approximate surface area is 100 Å². The zero-order valence-electron chi connectivity index (χ0n) is 8.02. The van der Waals surface area contributed by atoms with Crippen molar-refractivity contribution in [2.75, 3.05) is 4.72 Å². The van der Waals surface area contributed by atoms with Gasteiger partial charge in [-0.25, -0.2) is 13.2 Å². The van der Waals surface area contributed by atoms with E-state index < -0.39 is 33.0 Å². The van der Waals surface area contributed by atoms with Gasteiger partial charge in [-0.3, -0.25) is 4.72 Å². The third-order valence-electron chi connectivity index (χ3n) is 1.71. The third kappa shape index (κ3) is 3.04. The second-order valence-electron chi connectivity index (χ2n) is 2.88. The molecule has 0 aliphatic rings. The molecule has 2 N–H and O–H groups in total. The molecule has 0 saturated carbocycles. The lowest BCUT2D eigenvalue weighted by molar-refractivity contribution is 0.0698. The number of halogens is 3. The van der Waals surface area contributed by atoms with E-state index in [1.165, 1.54) is 16.9 Å². The minimum atomic E-state index is -4.93. The van der Waals surface area contributed by atoms with E-state index >= 15 is 0 Å². The molecule has 0 spiro atoms. The Hall–Kier alpha value is -1.41. The predicted octanol–water partition coefficient (Wildman–Crippen LogP) is 2.00. The van der Waals surface area contributed by atoms with Crippen LogP contribution in [0, 0.1) is 0 Å². The normalized spacial score (nSPS) is 11.5. The SMILES string of the molecule is O=C(O)c1c(Cl)cccc1NS(=O)(=O)C(F)F. The molecule has 0 aliphatic heterocycles. The Kier molecular flexibility index (Phi) is 3.89. The van der Waals surface area contributed by atoms with Crippen LogP contribution in [0.25, 0.3) is 0 Å². The molecule has 9 heteroatoms. The van der Waals surface area contributed by atoms with Gasteiger partial charge in [-0.1, -0.05) is 17.7 Å². The lowest BCUT2D eigenvalue weighted by Gasteiger charge is -2.10. The maximum absolute atomic E-state index is 12.1. The van der Waals surface area contributed by atoms with E-state index in [1.54, 1.807) is 0 Å². The van der Waals surface area contributed by atoms with Gasteiger partial charge in [-0.05, 0) is 12.1 Å². The molecule has 0 atom stereocenters. The fourth-order valence-corrected chi connectivity index (χ4v) is 1.85. The number of sulfonamides is 1. The molecule has 0 unspecified atom stereocenters. The van der Waals surface area contributed by atoms with Crippen LogP contribution in [0.4, 0.5) is 14.5 Å². The van der Waals surface area contributed by atoms with Crippen molar-refractivity contribution >= 4 is 33.3 Å².